The molecule has 7 heteroatoms. The van der Waals surface area contributed by atoms with Gasteiger partial charge in [-0.2, -0.15) is 18.4 Å². The summed E-state index contributed by atoms with van der Waals surface area (Å²) < 4.78 is 37.9. The molecule has 21 heavy (non-hydrogen) atoms. The van der Waals surface area contributed by atoms with Gasteiger partial charge in [-0.3, -0.25) is 4.79 Å². The van der Waals surface area contributed by atoms with Crippen molar-refractivity contribution in [3.63, 3.8) is 0 Å². The predicted octanol–water partition coefficient (Wildman–Crippen LogP) is 2.86. The molecule has 0 radical (unpaired) electrons. The van der Waals surface area contributed by atoms with Gasteiger partial charge >= 0.3 is 6.18 Å². The normalized spacial score (nSPS) is 10.9. The van der Waals surface area contributed by atoms with Gasteiger partial charge < -0.3 is 10.2 Å². The maximum Gasteiger partial charge on any atom is 0.417 e. The fourth-order valence-electron chi connectivity index (χ4n) is 1.86. The van der Waals surface area contributed by atoms with Gasteiger partial charge in [0.1, 0.15) is 0 Å². The van der Waals surface area contributed by atoms with Gasteiger partial charge in [-0.05, 0) is 32.0 Å². The molecule has 0 aliphatic carbocycles. The Balaban J connectivity index is 2.83. The molecule has 0 aliphatic rings. The van der Waals surface area contributed by atoms with Gasteiger partial charge in [0.2, 0.25) is 5.91 Å². The number of hydrogen-bond donors (Lipinski definition) is 1. The summed E-state index contributed by atoms with van der Waals surface area (Å²) in [6.45, 7) is 4.78. The number of carbonyl (C=O) groups excluding carboxylic acids is 1. The van der Waals surface area contributed by atoms with Gasteiger partial charge in [-0.1, -0.05) is 0 Å². The lowest BCUT2D eigenvalue weighted by Crippen LogP contribution is -2.35. The first-order valence-electron chi connectivity index (χ1n) is 6.46. The van der Waals surface area contributed by atoms with Crippen LogP contribution in [0.5, 0.6) is 0 Å². The quantitative estimate of drug-likeness (QED) is 0.909. The Bertz CT molecular complexity index is 545. The first-order chi connectivity index (χ1) is 9.83. The minimum atomic E-state index is -4.57. The molecule has 0 atom stereocenters. The molecular formula is C14H16F3N3O. The first-order valence-corrected chi connectivity index (χ1v) is 6.46. The highest BCUT2D eigenvalue weighted by molar-refractivity contribution is 5.80. The van der Waals surface area contributed by atoms with Crippen molar-refractivity contribution in [3.8, 4) is 6.07 Å². The SMILES string of the molecule is CCN(CC)C(=O)CNc1ccc(C(F)(F)F)c(C#N)c1. The van der Waals surface area contributed by atoms with Crippen LogP contribution in [0.2, 0.25) is 0 Å². The molecule has 0 fully saturated rings. The van der Waals surface area contributed by atoms with Crippen molar-refractivity contribution in [1.29, 1.82) is 5.26 Å². The van der Waals surface area contributed by atoms with E-state index in [2.05, 4.69) is 5.32 Å². The molecule has 0 spiro atoms. The van der Waals surface area contributed by atoms with Crippen LogP contribution in [-0.2, 0) is 11.0 Å². The summed E-state index contributed by atoms with van der Waals surface area (Å²) in [4.78, 5) is 13.4. The zero-order chi connectivity index (χ0) is 16.0. The maximum absolute atomic E-state index is 12.6. The maximum atomic E-state index is 12.6. The van der Waals surface area contributed by atoms with E-state index < -0.39 is 17.3 Å². The molecule has 0 aliphatic heterocycles. The number of alkyl halides is 3. The number of halogens is 3. The van der Waals surface area contributed by atoms with Gasteiger partial charge in [-0.15, -0.1) is 0 Å². The summed E-state index contributed by atoms with van der Waals surface area (Å²) in [7, 11) is 0. The minimum absolute atomic E-state index is 0.0298. The Labute approximate surface area is 121 Å². The van der Waals surface area contributed by atoms with E-state index in [-0.39, 0.29) is 12.5 Å². The van der Waals surface area contributed by atoms with Crippen LogP contribution in [0.4, 0.5) is 18.9 Å². The summed E-state index contributed by atoms with van der Waals surface area (Å²) >= 11 is 0. The number of anilines is 1. The molecule has 114 valence electrons. The van der Waals surface area contributed by atoms with Crippen LogP contribution in [-0.4, -0.2) is 30.4 Å². The number of rotatable bonds is 5. The Morgan fingerprint density at radius 2 is 1.95 bits per heavy atom. The number of nitrogens with one attached hydrogen (secondary N) is 1. The summed E-state index contributed by atoms with van der Waals surface area (Å²) in [6.07, 6.45) is -4.57. The van der Waals surface area contributed by atoms with E-state index in [9.17, 15) is 18.0 Å². The Morgan fingerprint density at radius 3 is 2.43 bits per heavy atom. The van der Waals surface area contributed by atoms with E-state index in [0.717, 1.165) is 12.1 Å². The summed E-state index contributed by atoms with van der Waals surface area (Å²) in [5, 5.41) is 11.5. The molecule has 0 bridgehead atoms. The fourth-order valence-corrected chi connectivity index (χ4v) is 1.86. The topological polar surface area (TPSA) is 56.1 Å². The number of amides is 1. The van der Waals surface area contributed by atoms with Crippen LogP contribution >= 0.6 is 0 Å². The lowest BCUT2D eigenvalue weighted by atomic mass is 10.1. The molecule has 1 N–H and O–H groups in total. The minimum Gasteiger partial charge on any atom is -0.376 e. The lowest BCUT2D eigenvalue weighted by molar-refractivity contribution is -0.137. The van der Waals surface area contributed by atoms with Gasteiger partial charge in [0.15, 0.2) is 0 Å². The van der Waals surface area contributed by atoms with Gasteiger partial charge in [-0.25, -0.2) is 0 Å². The Morgan fingerprint density at radius 1 is 1.33 bits per heavy atom. The standard InChI is InChI=1S/C14H16F3N3O/c1-3-20(4-2)13(21)9-19-11-5-6-12(14(15,16)17)10(7-11)8-18/h5-7,19H,3-4,9H2,1-2H3. The number of nitriles is 1. The van der Waals surface area contributed by atoms with Crippen LogP contribution in [0.3, 0.4) is 0 Å². The van der Waals surface area contributed by atoms with Crippen molar-refractivity contribution in [3.05, 3.63) is 29.3 Å². The van der Waals surface area contributed by atoms with Gasteiger partial charge in [0.25, 0.3) is 0 Å². The van der Waals surface area contributed by atoms with E-state index in [1.54, 1.807) is 4.90 Å². The van der Waals surface area contributed by atoms with Crippen molar-refractivity contribution in [2.45, 2.75) is 20.0 Å². The highest BCUT2D eigenvalue weighted by Gasteiger charge is 2.33. The second-order valence-corrected chi connectivity index (χ2v) is 4.29. The predicted molar refractivity (Wildman–Crippen MR) is 72.6 cm³/mol. The van der Waals surface area contributed by atoms with Crippen molar-refractivity contribution in [2.75, 3.05) is 25.0 Å². The highest BCUT2D eigenvalue weighted by Crippen LogP contribution is 2.32. The number of nitrogens with zero attached hydrogens (tertiary/aromatic N) is 2. The summed E-state index contributed by atoms with van der Waals surface area (Å²) in [5.74, 6) is -0.154. The number of carbonyl (C=O) groups is 1. The van der Waals surface area contributed by atoms with Gasteiger partial charge in [0, 0.05) is 18.8 Å². The number of benzene rings is 1. The molecular weight excluding hydrogens is 283 g/mol. The molecule has 0 saturated heterocycles. The second kappa shape index (κ2) is 6.97. The first kappa shape index (κ1) is 16.8. The number of hydrogen-bond acceptors (Lipinski definition) is 3. The van der Waals surface area contributed by atoms with E-state index in [0.29, 0.717) is 18.8 Å². The van der Waals surface area contributed by atoms with Crippen LogP contribution < -0.4 is 5.32 Å². The van der Waals surface area contributed by atoms with E-state index in [4.69, 9.17) is 5.26 Å². The zero-order valence-electron chi connectivity index (χ0n) is 11.8. The van der Waals surface area contributed by atoms with E-state index >= 15 is 0 Å². The molecule has 0 unspecified atom stereocenters. The van der Waals surface area contributed by atoms with Crippen molar-refractivity contribution < 1.29 is 18.0 Å². The molecule has 1 aromatic rings. The van der Waals surface area contributed by atoms with Crippen molar-refractivity contribution in [2.24, 2.45) is 0 Å². The van der Waals surface area contributed by atoms with E-state index in [1.165, 1.54) is 12.1 Å². The second-order valence-electron chi connectivity index (χ2n) is 4.29. The van der Waals surface area contributed by atoms with Crippen LogP contribution in [0.25, 0.3) is 0 Å². The van der Waals surface area contributed by atoms with E-state index in [1.807, 2.05) is 13.8 Å². The van der Waals surface area contributed by atoms with Gasteiger partial charge in [0.05, 0.1) is 23.7 Å². The highest BCUT2D eigenvalue weighted by atomic mass is 19.4. The zero-order valence-corrected chi connectivity index (χ0v) is 11.8. The molecule has 0 heterocycles. The third-order valence-corrected chi connectivity index (χ3v) is 3.01. The smallest absolute Gasteiger partial charge is 0.376 e. The largest absolute Gasteiger partial charge is 0.417 e. The Hall–Kier alpha value is -2.23. The summed E-state index contributed by atoms with van der Waals surface area (Å²) in [5.41, 5.74) is -1.14. The molecule has 0 aromatic heterocycles. The average molecular weight is 299 g/mol. The number of likely N-dealkylation sites (N-methyl/N-ethyl adjacent to an activating group) is 1. The third kappa shape index (κ3) is 4.38. The molecule has 1 aromatic carbocycles. The average Bonchev–Trinajstić information content (AvgIpc) is 2.45. The fraction of sp³-hybridized carbons (Fsp3) is 0.429. The summed E-state index contributed by atoms with van der Waals surface area (Å²) in [6, 6.07) is 4.66. The third-order valence-electron chi connectivity index (χ3n) is 3.01. The van der Waals surface area contributed by atoms with Crippen molar-refractivity contribution in [1.82, 2.24) is 4.90 Å². The molecule has 1 rings (SSSR count). The molecule has 1 amide bonds. The van der Waals surface area contributed by atoms with Crippen molar-refractivity contribution >= 4 is 11.6 Å². The Kier molecular flexibility index (Phi) is 5.59. The van der Waals surface area contributed by atoms with Crippen LogP contribution in [0.1, 0.15) is 25.0 Å². The monoisotopic (exact) mass is 299 g/mol. The molecule has 0 saturated carbocycles. The van der Waals surface area contributed by atoms with Crippen LogP contribution in [0, 0.1) is 11.3 Å². The lowest BCUT2D eigenvalue weighted by Gasteiger charge is -2.19. The molecule has 4 nitrogen and oxygen atoms in total. The van der Waals surface area contributed by atoms with Crippen LogP contribution in [0.15, 0.2) is 18.2 Å².